The Morgan fingerprint density at radius 3 is 2.35 bits per heavy atom. The van der Waals surface area contributed by atoms with Gasteiger partial charge in [-0.1, -0.05) is 36.4 Å². The number of nitrogens with zero attached hydrogens (tertiary/aromatic N) is 1. The molecule has 34 heavy (non-hydrogen) atoms. The maximum Gasteiger partial charge on any atom is 0.412 e. The summed E-state index contributed by atoms with van der Waals surface area (Å²) in [5, 5.41) is 15.4. The lowest BCUT2D eigenvalue weighted by molar-refractivity contribution is -0.383. The van der Waals surface area contributed by atoms with Gasteiger partial charge < -0.3 is 9.47 Å². The summed E-state index contributed by atoms with van der Waals surface area (Å²) in [6.07, 6.45) is -0.981. The first-order valence-electron chi connectivity index (χ1n) is 10.3. The first kappa shape index (κ1) is 24.4. The molecule has 0 heterocycles. The second-order valence-corrected chi connectivity index (χ2v) is 8.32. The molecule has 0 aliphatic rings. The Morgan fingerprint density at radius 1 is 1.03 bits per heavy atom. The number of methoxy groups -OCH3 is 1. The number of rotatable bonds is 5. The zero-order chi connectivity index (χ0) is 25.0. The fourth-order valence-electron chi connectivity index (χ4n) is 3.46. The number of carbonyl (C=O) groups is 2. The molecule has 0 unspecified atom stereocenters. The number of hydrogen-bond acceptors (Lipinski definition) is 6. The molecule has 9 heteroatoms. The number of halogens is 1. The fourth-order valence-corrected chi connectivity index (χ4v) is 3.46. The van der Waals surface area contributed by atoms with Crippen LogP contribution in [0.1, 0.15) is 31.9 Å². The molecule has 176 valence electrons. The number of nitrogens with one attached hydrogen (secondary N) is 1. The molecule has 1 amide bonds. The number of fused-ring (bicyclic) bond motifs is 1. The number of alkyl carbamates (subject to hydrolysis) is 1. The summed E-state index contributed by atoms with van der Waals surface area (Å²) in [6, 6.07) is 14.9. The number of hydrogen-bond donors (Lipinski definition) is 1. The van der Waals surface area contributed by atoms with Gasteiger partial charge in [-0.25, -0.2) is 14.0 Å². The topological polar surface area (TPSA) is 108 Å². The lowest BCUT2D eigenvalue weighted by Gasteiger charge is -2.21. The summed E-state index contributed by atoms with van der Waals surface area (Å²) < 4.78 is 24.3. The zero-order valence-electron chi connectivity index (χ0n) is 19.0. The second kappa shape index (κ2) is 9.70. The molecule has 0 aliphatic heterocycles. The van der Waals surface area contributed by atoms with E-state index in [0.717, 1.165) is 13.2 Å². The van der Waals surface area contributed by atoms with Crippen LogP contribution in [-0.2, 0) is 14.3 Å². The molecule has 0 saturated heterocycles. The molecule has 0 saturated carbocycles. The Morgan fingerprint density at radius 2 is 1.74 bits per heavy atom. The quantitative estimate of drug-likeness (QED) is 0.235. The van der Waals surface area contributed by atoms with E-state index >= 15 is 0 Å². The van der Waals surface area contributed by atoms with Crippen molar-refractivity contribution in [1.29, 1.82) is 0 Å². The van der Waals surface area contributed by atoms with Gasteiger partial charge in [0.2, 0.25) is 0 Å². The van der Waals surface area contributed by atoms with Gasteiger partial charge in [0.25, 0.3) is 5.69 Å². The molecule has 0 aliphatic carbocycles. The molecule has 0 aromatic heterocycles. The Bertz CT molecular complexity index is 1310. The van der Waals surface area contributed by atoms with E-state index in [2.05, 4.69) is 5.32 Å². The third-order valence-electron chi connectivity index (χ3n) is 4.73. The predicted octanol–water partition coefficient (Wildman–Crippen LogP) is 5.34. The average molecular weight is 466 g/mol. The number of ether oxygens (including phenoxy) is 2. The standard InChI is InChI=1S/C25H23FN2O6/c1-25(2,3)34-24(30)27-21(23(29)33-4)20(16-9-7-10-17(26)14-16)19-13-12-15-8-5-6-11-18(15)22(19)28(31)32/h5-14H,1-4H3,(H,27,30)/b21-20+. The Balaban J connectivity index is 2.40. The molecular formula is C25H23FN2O6. The van der Waals surface area contributed by atoms with E-state index in [1.54, 1.807) is 51.1 Å². The summed E-state index contributed by atoms with van der Waals surface area (Å²) in [7, 11) is 1.09. The van der Waals surface area contributed by atoms with Gasteiger partial charge in [0.1, 0.15) is 17.1 Å². The molecule has 1 N–H and O–H groups in total. The van der Waals surface area contributed by atoms with E-state index < -0.39 is 34.1 Å². The fraction of sp³-hybridized carbons (Fsp3) is 0.200. The lowest BCUT2D eigenvalue weighted by Crippen LogP contribution is -2.35. The molecule has 3 rings (SSSR count). The number of esters is 1. The number of amides is 1. The van der Waals surface area contributed by atoms with E-state index in [1.807, 2.05) is 0 Å². The maximum atomic E-state index is 14.2. The lowest BCUT2D eigenvalue weighted by atomic mass is 9.91. The third-order valence-corrected chi connectivity index (χ3v) is 4.73. The minimum Gasteiger partial charge on any atom is -0.464 e. The molecule has 0 fully saturated rings. The van der Waals surface area contributed by atoms with E-state index in [4.69, 9.17) is 9.47 Å². The molecule has 0 bridgehead atoms. The van der Waals surface area contributed by atoms with Gasteiger partial charge in [0.15, 0.2) is 0 Å². The summed E-state index contributed by atoms with van der Waals surface area (Å²) in [4.78, 5) is 37.0. The molecule has 0 radical (unpaired) electrons. The first-order valence-corrected chi connectivity index (χ1v) is 10.3. The number of benzene rings is 3. The second-order valence-electron chi connectivity index (χ2n) is 8.32. The van der Waals surface area contributed by atoms with Gasteiger partial charge in [0, 0.05) is 5.57 Å². The molecular weight excluding hydrogens is 443 g/mol. The van der Waals surface area contributed by atoms with Gasteiger partial charge in [-0.2, -0.15) is 0 Å². The predicted molar refractivity (Wildman–Crippen MR) is 124 cm³/mol. The van der Waals surface area contributed by atoms with Gasteiger partial charge in [-0.05, 0) is 56.0 Å². The minimum absolute atomic E-state index is 0.00856. The van der Waals surface area contributed by atoms with Crippen molar-refractivity contribution < 1.29 is 28.4 Å². The van der Waals surface area contributed by atoms with Crippen LogP contribution in [0.4, 0.5) is 14.9 Å². The molecule has 8 nitrogen and oxygen atoms in total. The van der Waals surface area contributed by atoms with Gasteiger partial charge in [0.05, 0.1) is 23.0 Å². The average Bonchev–Trinajstić information content (AvgIpc) is 2.76. The van der Waals surface area contributed by atoms with Crippen LogP contribution in [0.15, 0.2) is 66.4 Å². The van der Waals surface area contributed by atoms with Crippen LogP contribution in [0, 0.1) is 15.9 Å². The van der Waals surface area contributed by atoms with E-state index in [0.29, 0.717) is 10.8 Å². The van der Waals surface area contributed by atoms with Crippen molar-refractivity contribution >= 4 is 34.1 Å². The summed E-state index contributed by atoms with van der Waals surface area (Å²) >= 11 is 0. The Kier molecular flexibility index (Phi) is 6.95. The highest BCUT2D eigenvalue weighted by molar-refractivity contribution is 6.07. The Hall–Kier alpha value is -4.27. The van der Waals surface area contributed by atoms with Crippen LogP contribution >= 0.6 is 0 Å². The monoisotopic (exact) mass is 466 g/mol. The van der Waals surface area contributed by atoms with Crippen LogP contribution in [0.5, 0.6) is 0 Å². The van der Waals surface area contributed by atoms with Crippen molar-refractivity contribution in [3.63, 3.8) is 0 Å². The van der Waals surface area contributed by atoms with E-state index in [9.17, 15) is 24.1 Å². The van der Waals surface area contributed by atoms with Gasteiger partial charge >= 0.3 is 12.1 Å². The summed E-state index contributed by atoms with van der Waals surface area (Å²) in [5.74, 6) is -1.63. The highest BCUT2D eigenvalue weighted by Gasteiger charge is 2.29. The first-order chi connectivity index (χ1) is 16.0. The molecule has 0 spiro atoms. The number of nitro groups is 1. The summed E-state index contributed by atoms with van der Waals surface area (Å²) in [5.41, 5.74) is -1.61. The van der Waals surface area contributed by atoms with Crippen molar-refractivity contribution in [2.24, 2.45) is 0 Å². The van der Waals surface area contributed by atoms with Crippen molar-refractivity contribution in [3.8, 4) is 0 Å². The van der Waals surface area contributed by atoms with Crippen molar-refractivity contribution in [2.45, 2.75) is 26.4 Å². The smallest absolute Gasteiger partial charge is 0.412 e. The van der Waals surface area contributed by atoms with Crippen LogP contribution in [0.3, 0.4) is 0 Å². The van der Waals surface area contributed by atoms with Gasteiger partial charge in [-0.15, -0.1) is 0 Å². The number of carbonyl (C=O) groups excluding carboxylic acids is 2. The highest BCUT2D eigenvalue weighted by atomic mass is 19.1. The van der Waals surface area contributed by atoms with Crippen molar-refractivity contribution in [1.82, 2.24) is 5.32 Å². The summed E-state index contributed by atoms with van der Waals surface area (Å²) in [6.45, 7) is 4.90. The minimum atomic E-state index is -0.993. The normalized spacial score (nSPS) is 12.0. The SMILES string of the molecule is COC(=O)/C(NC(=O)OC(C)(C)C)=C(/c1cccc(F)c1)c1ccc2ccccc2c1[N+](=O)[O-]. The molecule has 3 aromatic carbocycles. The zero-order valence-corrected chi connectivity index (χ0v) is 19.0. The van der Waals surface area contributed by atoms with Crippen molar-refractivity contribution in [2.75, 3.05) is 7.11 Å². The largest absolute Gasteiger partial charge is 0.464 e. The van der Waals surface area contributed by atoms with Crippen LogP contribution in [0.2, 0.25) is 0 Å². The number of nitro benzene ring substituents is 1. The Labute approximate surface area is 195 Å². The van der Waals surface area contributed by atoms with Crippen LogP contribution < -0.4 is 5.32 Å². The molecule has 3 aromatic rings. The van der Waals surface area contributed by atoms with Crippen LogP contribution in [-0.4, -0.2) is 29.7 Å². The van der Waals surface area contributed by atoms with Crippen LogP contribution in [0.25, 0.3) is 16.3 Å². The van der Waals surface area contributed by atoms with E-state index in [1.165, 1.54) is 24.3 Å². The third kappa shape index (κ3) is 5.37. The van der Waals surface area contributed by atoms with E-state index in [-0.39, 0.29) is 22.4 Å². The van der Waals surface area contributed by atoms with Gasteiger partial charge in [-0.3, -0.25) is 15.4 Å². The highest BCUT2D eigenvalue weighted by Crippen LogP contribution is 2.38. The van der Waals surface area contributed by atoms with Crippen molar-refractivity contribution in [3.05, 3.63) is 93.4 Å². The molecule has 0 atom stereocenters. The maximum absolute atomic E-state index is 14.2.